The van der Waals surface area contributed by atoms with Crippen LogP contribution in [-0.2, 0) is 14.9 Å². The van der Waals surface area contributed by atoms with Crippen molar-refractivity contribution < 1.29 is 14.6 Å². The SMILES string of the molecule is CC(=O)N1c2ccccc2[C@]23CCN4CC5=CCO[C@H](O)[C@@H]([C@@H]5C[C@H]42)[C@H]13. The zero-order chi connectivity index (χ0) is 17.6. The number of piperidine rings is 1. The number of carbonyl (C=O) groups excluding carboxylic acids is 1. The maximum absolute atomic E-state index is 12.8. The van der Waals surface area contributed by atoms with Gasteiger partial charge in [-0.05, 0) is 36.9 Å². The largest absolute Gasteiger partial charge is 0.368 e. The lowest BCUT2D eigenvalue weighted by Gasteiger charge is -2.56. The van der Waals surface area contributed by atoms with Crippen LogP contribution >= 0.6 is 0 Å². The van der Waals surface area contributed by atoms with Crippen LogP contribution in [0.4, 0.5) is 5.69 Å². The minimum Gasteiger partial charge on any atom is -0.368 e. The molecule has 136 valence electrons. The number of hydrogen-bond acceptors (Lipinski definition) is 4. The van der Waals surface area contributed by atoms with Crippen molar-refractivity contribution in [1.82, 2.24) is 4.90 Å². The monoisotopic (exact) mass is 352 g/mol. The Morgan fingerprint density at radius 2 is 2.19 bits per heavy atom. The second-order valence-corrected chi connectivity index (χ2v) is 8.55. The Morgan fingerprint density at radius 1 is 1.35 bits per heavy atom. The van der Waals surface area contributed by atoms with Crippen molar-refractivity contribution in [3.63, 3.8) is 0 Å². The number of para-hydroxylation sites is 1. The van der Waals surface area contributed by atoms with Crippen molar-refractivity contribution in [2.75, 3.05) is 24.6 Å². The molecular weight excluding hydrogens is 328 g/mol. The lowest BCUT2D eigenvalue weighted by molar-refractivity contribution is -0.156. The average molecular weight is 352 g/mol. The van der Waals surface area contributed by atoms with E-state index in [2.05, 4.69) is 29.2 Å². The number of fused-ring (bicyclic) bond motifs is 2. The number of carbonyl (C=O) groups is 1. The Labute approximate surface area is 153 Å². The van der Waals surface area contributed by atoms with Gasteiger partial charge in [-0.25, -0.2) is 0 Å². The van der Waals surface area contributed by atoms with Crippen molar-refractivity contribution in [2.45, 2.75) is 43.6 Å². The number of anilines is 1. The molecule has 0 aromatic heterocycles. The third-order valence-corrected chi connectivity index (χ3v) is 7.77. The van der Waals surface area contributed by atoms with Crippen LogP contribution in [0.5, 0.6) is 0 Å². The fraction of sp³-hybridized carbons (Fsp3) is 0.571. The summed E-state index contributed by atoms with van der Waals surface area (Å²) in [6.45, 7) is 4.18. The van der Waals surface area contributed by atoms with Crippen molar-refractivity contribution in [3.05, 3.63) is 41.5 Å². The number of benzene rings is 1. The van der Waals surface area contributed by atoms with E-state index in [9.17, 15) is 9.90 Å². The van der Waals surface area contributed by atoms with E-state index < -0.39 is 6.29 Å². The molecule has 2 bridgehead atoms. The number of hydrogen-bond donors (Lipinski definition) is 1. The number of amides is 1. The van der Waals surface area contributed by atoms with Gasteiger partial charge in [0, 0.05) is 36.5 Å². The van der Waals surface area contributed by atoms with E-state index in [4.69, 9.17) is 4.74 Å². The van der Waals surface area contributed by atoms with Crippen molar-refractivity contribution in [1.29, 1.82) is 0 Å². The molecule has 0 unspecified atom stereocenters. The molecule has 1 aromatic rings. The minimum atomic E-state index is -0.820. The highest BCUT2D eigenvalue weighted by Gasteiger charge is 2.69. The molecule has 5 aliphatic rings. The molecule has 1 aliphatic carbocycles. The summed E-state index contributed by atoms with van der Waals surface area (Å²) in [6.07, 6.45) is 3.47. The maximum Gasteiger partial charge on any atom is 0.224 e. The van der Waals surface area contributed by atoms with Gasteiger partial charge in [-0.2, -0.15) is 0 Å². The van der Waals surface area contributed by atoms with E-state index in [0.29, 0.717) is 18.6 Å². The van der Waals surface area contributed by atoms with E-state index in [-0.39, 0.29) is 23.3 Å². The summed E-state index contributed by atoms with van der Waals surface area (Å²) >= 11 is 0. The van der Waals surface area contributed by atoms with E-state index in [0.717, 1.165) is 31.6 Å². The molecule has 1 spiro atoms. The Bertz CT molecular complexity index is 836. The first kappa shape index (κ1) is 15.4. The molecule has 6 rings (SSSR count). The highest BCUT2D eigenvalue weighted by Crippen LogP contribution is 2.64. The highest BCUT2D eigenvalue weighted by molar-refractivity contribution is 5.96. The maximum atomic E-state index is 12.8. The van der Waals surface area contributed by atoms with Crippen LogP contribution < -0.4 is 4.90 Å². The average Bonchev–Trinajstić information content (AvgIpc) is 3.10. The molecule has 6 atom stereocenters. The van der Waals surface area contributed by atoms with Gasteiger partial charge in [-0.1, -0.05) is 29.8 Å². The number of nitrogens with zero attached hydrogens (tertiary/aromatic N) is 2. The fourth-order valence-corrected chi connectivity index (χ4v) is 6.99. The predicted octanol–water partition coefficient (Wildman–Crippen LogP) is 1.66. The molecule has 0 radical (unpaired) electrons. The van der Waals surface area contributed by atoms with Gasteiger partial charge in [-0.3, -0.25) is 9.69 Å². The minimum absolute atomic E-state index is 0.0250. The highest BCUT2D eigenvalue weighted by atomic mass is 16.6. The lowest BCUT2D eigenvalue weighted by Crippen LogP contribution is -2.66. The van der Waals surface area contributed by atoms with Crippen LogP contribution in [-0.4, -0.2) is 54.0 Å². The molecular formula is C21H24N2O3. The Balaban J connectivity index is 1.64. The molecule has 4 heterocycles. The molecule has 1 N–H and O–H groups in total. The summed E-state index contributed by atoms with van der Waals surface area (Å²) in [5.41, 5.74) is 3.66. The van der Waals surface area contributed by atoms with Gasteiger partial charge < -0.3 is 14.7 Å². The van der Waals surface area contributed by atoms with E-state index in [1.54, 1.807) is 6.92 Å². The van der Waals surface area contributed by atoms with Crippen LogP contribution in [0.25, 0.3) is 0 Å². The van der Waals surface area contributed by atoms with Crippen LogP contribution in [0.15, 0.2) is 35.9 Å². The third kappa shape index (κ3) is 1.61. The molecule has 26 heavy (non-hydrogen) atoms. The van der Waals surface area contributed by atoms with Crippen LogP contribution in [0.3, 0.4) is 0 Å². The first-order valence-corrected chi connectivity index (χ1v) is 9.75. The van der Waals surface area contributed by atoms with Gasteiger partial charge in [0.1, 0.15) is 0 Å². The van der Waals surface area contributed by atoms with Crippen LogP contribution in [0.2, 0.25) is 0 Å². The van der Waals surface area contributed by atoms with Gasteiger partial charge in [0.05, 0.1) is 12.6 Å². The van der Waals surface area contributed by atoms with Crippen molar-refractivity contribution in [2.24, 2.45) is 11.8 Å². The molecule has 5 nitrogen and oxygen atoms in total. The molecule has 2 saturated heterocycles. The van der Waals surface area contributed by atoms with E-state index in [1.165, 1.54) is 11.1 Å². The second kappa shape index (κ2) is 4.97. The molecule has 1 amide bonds. The van der Waals surface area contributed by atoms with Gasteiger partial charge in [0.15, 0.2) is 6.29 Å². The Morgan fingerprint density at radius 3 is 3.04 bits per heavy atom. The number of aliphatic hydroxyl groups excluding tert-OH is 1. The van der Waals surface area contributed by atoms with Crippen molar-refractivity contribution in [3.8, 4) is 0 Å². The molecule has 3 fully saturated rings. The zero-order valence-electron chi connectivity index (χ0n) is 15.0. The smallest absolute Gasteiger partial charge is 0.224 e. The van der Waals surface area contributed by atoms with Crippen LogP contribution in [0.1, 0.15) is 25.3 Å². The first-order valence-electron chi connectivity index (χ1n) is 9.75. The van der Waals surface area contributed by atoms with E-state index in [1.807, 2.05) is 11.0 Å². The number of aliphatic hydroxyl groups is 1. The topological polar surface area (TPSA) is 53.0 Å². The fourth-order valence-electron chi connectivity index (χ4n) is 6.99. The summed E-state index contributed by atoms with van der Waals surface area (Å²) < 4.78 is 5.78. The third-order valence-electron chi connectivity index (χ3n) is 7.77. The predicted molar refractivity (Wildman–Crippen MR) is 96.7 cm³/mol. The van der Waals surface area contributed by atoms with Gasteiger partial charge in [0.2, 0.25) is 5.91 Å². The number of rotatable bonds is 0. The summed E-state index contributed by atoms with van der Waals surface area (Å²) in [4.78, 5) is 17.4. The molecule has 1 aromatic carbocycles. The Hall–Kier alpha value is -1.69. The summed E-state index contributed by atoms with van der Waals surface area (Å²) in [5.74, 6) is 0.317. The normalized spacial score (nSPS) is 42.8. The second-order valence-electron chi connectivity index (χ2n) is 8.55. The quantitative estimate of drug-likeness (QED) is 0.722. The molecule has 1 saturated carbocycles. The zero-order valence-corrected chi connectivity index (χ0v) is 15.0. The summed E-state index contributed by atoms with van der Waals surface area (Å²) in [5, 5.41) is 11.0. The Kier molecular flexibility index (Phi) is 2.94. The van der Waals surface area contributed by atoms with Crippen LogP contribution in [0, 0.1) is 11.8 Å². The van der Waals surface area contributed by atoms with E-state index >= 15 is 0 Å². The first-order chi connectivity index (χ1) is 12.6. The standard InChI is InChI=1S/C21H24N2O3/c1-12(24)23-16-5-3-2-4-15(16)21-7-8-22-11-13-6-9-26-20(25)18(19(21)23)14(13)10-17(21)22/h2-6,14,17-20,25H,7-11H2,1H3/t14-,17+,18+,19+,20+,21-/m1/s1. The van der Waals surface area contributed by atoms with Gasteiger partial charge in [0.25, 0.3) is 0 Å². The van der Waals surface area contributed by atoms with Gasteiger partial charge >= 0.3 is 0 Å². The molecule has 4 aliphatic heterocycles. The summed E-state index contributed by atoms with van der Waals surface area (Å²) in [7, 11) is 0. The summed E-state index contributed by atoms with van der Waals surface area (Å²) in [6, 6.07) is 8.83. The van der Waals surface area contributed by atoms with Crippen molar-refractivity contribution >= 4 is 11.6 Å². The lowest BCUT2D eigenvalue weighted by atomic mass is 9.55. The van der Waals surface area contributed by atoms with Gasteiger partial charge in [-0.15, -0.1) is 0 Å². The molecule has 5 heteroatoms. The number of ether oxygens (including phenoxy) is 1.